The molecule has 74 valence electrons. The second kappa shape index (κ2) is 29.3. The van der Waals surface area contributed by atoms with Crippen molar-refractivity contribution >= 4 is 0 Å². The quantitative estimate of drug-likeness (QED) is 0.265. The Bertz CT molecular complexity index is 102. The Balaban J connectivity index is -0.0000000270. The molecule has 0 aromatic carbocycles. The van der Waals surface area contributed by atoms with Crippen molar-refractivity contribution in [1.82, 2.24) is 0 Å². The minimum Gasteiger partial charge on any atom is -0.356 e. The number of rotatable bonds is 1. The standard InChI is InChI=1S/C2H8N2.2K.2NO3/c3-1-2-4;;;2*2-1(3)4/h1-4H2;;;;/q;2*+1;2*-1. The number of nitrogens with two attached hydrogens (primary N) is 2. The van der Waals surface area contributed by atoms with E-state index in [1.165, 1.54) is 0 Å². The molecule has 14 heavy (non-hydrogen) atoms. The van der Waals surface area contributed by atoms with E-state index in [-0.39, 0.29) is 103 Å². The van der Waals surface area contributed by atoms with Crippen molar-refractivity contribution in [2.45, 2.75) is 0 Å². The van der Waals surface area contributed by atoms with E-state index in [1.807, 2.05) is 0 Å². The number of nitrogens with zero attached hydrogens (tertiary/aromatic N) is 2. The van der Waals surface area contributed by atoms with Crippen molar-refractivity contribution in [2.75, 3.05) is 13.1 Å². The van der Waals surface area contributed by atoms with Gasteiger partial charge in [0.25, 0.3) is 0 Å². The molecule has 10 nitrogen and oxygen atoms in total. The van der Waals surface area contributed by atoms with E-state index in [9.17, 15) is 0 Å². The normalized spacial score (nSPS) is 5.57. The van der Waals surface area contributed by atoms with Crippen LogP contribution >= 0.6 is 0 Å². The van der Waals surface area contributed by atoms with Crippen LogP contribution < -0.4 is 114 Å². The van der Waals surface area contributed by atoms with Crippen LogP contribution in [0.5, 0.6) is 0 Å². The summed E-state index contributed by atoms with van der Waals surface area (Å²) in [6.07, 6.45) is 0. The molecule has 0 rings (SSSR count). The maximum absolute atomic E-state index is 8.25. The molecule has 0 heterocycles. The molecule has 4 N–H and O–H groups in total. The Morgan fingerprint density at radius 2 is 0.857 bits per heavy atom. The molecule has 0 radical (unpaired) electrons. The van der Waals surface area contributed by atoms with E-state index < -0.39 is 10.2 Å². The molecule has 0 aliphatic rings. The van der Waals surface area contributed by atoms with E-state index in [2.05, 4.69) is 0 Å². The van der Waals surface area contributed by atoms with Crippen LogP contribution in [0.15, 0.2) is 0 Å². The summed E-state index contributed by atoms with van der Waals surface area (Å²) in [5.41, 5.74) is 9.81. The molecule has 0 aromatic rings. The van der Waals surface area contributed by atoms with Gasteiger partial charge in [-0.15, -0.1) is 0 Å². The van der Waals surface area contributed by atoms with E-state index in [1.54, 1.807) is 0 Å². The van der Waals surface area contributed by atoms with Crippen molar-refractivity contribution in [3.05, 3.63) is 30.6 Å². The third-order valence-electron chi connectivity index (χ3n) is 0.167. The molecule has 0 saturated heterocycles. The Labute approximate surface area is 164 Å². The van der Waals surface area contributed by atoms with Gasteiger partial charge in [-0.3, -0.25) is 0 Å². The van der Waals surface area contributed by atoms with Crippen molar-refractivity contribution in [3.63, 3.8) is 0 Å². The maximum atomic E-state index is 8.25. The van der Waals surface area contributed by atoms with Crippen LogP contribution in [0.3, 0.4) is 0 Å². The molecule has 0 atom stereocenters. The summed E-state index contributed by atoms with van der Waals surface area (Å²) in [5.74, 6) is 0. The van der Waals surface area contributed by atoms with Gasteiger partial charge in [-0.2, -0.15) is 0 Å². The molecular weight excluding hydrogens is 254 g/mol. The smallest absolute Gasteiger partial charge is 0.356 e. The first kappa shape index (κ1) is 29.6. The van der Waals surface area contributed by atoms with Gasteiger partial charge in [-0.1, -0.05) is 0 Å². The summed E-state index contributed by atoms with van der Waals surface area (Å²) in [6, 6.07) is 0. The molecule has 0 fully saturated rings. The molecule has 0 aliphatic carbocycles. The van der Waals surface area contributed by atoms with Crippen molar-refractivity contribution < 1.29 is 113 Å². The van der Waals surface area contributed by atoms with Gasteiger partial charge >= 0.3 is 103 Å². The van der Waals surface area contributed by atoms with Gasteiger partial charge in [0.1, 0.15) is 0 Å². The molecule has 0 spiro atoms. The van der Waals surface area contributed by atoms with Gasteiger partial charge < -0.3 is 42.1 Å². The minimum atomic E-state index is -1.75. The third-order valence-corrected chi connectivity index (χ3v) is 0.167. The molecule has 0 saturated carbocycles. The van der Waals surface area contributed by atoms with E-state index in [0.29, 0.717) is 13.1 Å². The third kappa shape index (κ3) is 321. The summed E-state index contributed by atoms with van der Waals surface area (Å²) in [7, 11) is 0. The molecule has 0 aliphatic heterocycles. The fourth-order valence-corrected chi connectivity index (χ4v) is 0. The first-order valence-corrected chi connectivity index (χ1v) is 2.41. The Hall–Kier alpha value is 1.59. The van der Waals surface area contributed by atoms with Crippen LogP contribution in [0.25, 0.3) is 0 Å². The molecule has 0 amide bonds. The van der Waals surface area contributed by atoms with E-state index in [4.69, 9.17) is 42.1 Å². The first-order valence-electron chi connectivity index (χ1n) is 2.41. The van der Waals surface area contributed by atoms with Gasteiger partial charge in [-0.05, 0) is 0 Å². The number of hydrogen-bond acceptors (Lipinski definition) is 8. The van der Waals surface area contributed by atoms with Crippen molar-refractivity contribution in [2.24, 2.45) is 11.5 Å². The first-order chi connectivity index (χ1) is 5.38. The summed E-state index contributed by atoms with van der Waals surface area (Å²) in [6.45, 7) is 1.19. The Morgan fingerprint density at radius 1 is 0.786 bits per heavy atom. The molecular formula is C2H8K2N4O6. The van der Waals surface area contributed by atoms with Crippen LogP contribution in [0, 0.1) is 30.6 Å². The van der Waals surface area contributed by atoms with E-state index in [0.717, 1.165) is 0 Å². The Kier molecular flexibility index (Phi) is 61.9. The van der Waals surface area contributed by atoms with Crippen LogP contribution in [-0.4, -0.2) is 23.3 Å². The second-order valence-corrected chi connectivity index (χ2v) is 1.02. The molecule has 0 bridgehead atoms. The maximum Gasteiger partial charge on any atom is 1.00 e. The topological polar surface area (TPSA) is 184 Å². The fourth-order valence-electron chi connectivity index (χ4n) is 0. The van der Waals surface area contributed by atoms with Gasteiger partial charge in [0, 0.05) is 13.1 Å². The van der Waals surface area contributed by atoms with Crippen molar-refractivity contribution in [3.8, 4) is 0 Å². The Morgan fingerprint density at radius 3 is 0.857 bits per heavy atom. The minimum absolute atomic E-state index is 0. The van der Waals surface area contributed by atoms with Crippen LogP contribution in [0.2, 0.25) is 0 Å². The van der Waals surface area contributed by atoms with Gasteiger partial charge in [0.05, 0.1) is 10.2 Å². The second-order valence-electron chi connectivity index (χ2n) is 1.02. The van der Waals surface area contributed by atoms with Gasteiger partial charge in [0.2, 0.25) is 0 Å². The summed E-state index contributed by atoms with van der Waals surface area (Å²) in [5, 5.41) is 29.5. The van der Waals surface area contributed by atoms with Gasteiger partial charge in [0.15, 0.2) is 0 Å². The SMILES string of the molecule is NCCN.O=[N+]([O-])[O-].O=[N+]([O-])[O-].[K+].[K+]. The zero-order valence-electron chi connectivity index (χ0n) is 7.91. The zero-order valence-corrected chi connectivity index (χ0v) is 14.2. The fraction of sp³-hybridized carbons (Fsp3) is 1.00. The average Bonchev–Trinajstić information content (AvgIpc) is 1.85. The predicted molar refractivity (Wildman–Crippen MR) is 38.8 cm³/mol. The molecule has 0 unspecified atom stereocenters. The zero-order chi connectivity index (χ0) is 10.6. The van der Waals surface area contributed by atoms with Crippen LogP contribution in [-0.2, 0) is 0 Å². The van der Waals surface area contributed by atoms with Crippen LogP contribution in [0.1, 0.15) is 0 Å². The summed E-state index contributed by atoms with van der Waals surface area (Å²) >= 11 is 0. The largest absolute Gasteiger partial charge is 1.00 e. The monoisotopic (exact) mass is 262 g/mol. The van der Waals surface area contributed by atoms with Crippen LogP contribution in [0.4, 0.5) is 0 Å². The van der Waals surface area contributed by atoms with Crippen molar-refractivity contribution in [1.29, 1.82) is 0 Å². The summed E-state index contributed by atoms with van der Waals surface area (Å²) in [4.78, 5) is 16.5. The summed E-state index contributed by atoms with van der Waals surface area (Å²) < 4.78 is 0. The number of hydrogen-bond donors (Lipinski definition) is 2. The predicted octanol–water partition coefficient (Wildman–Crippen LogP) is -7.57. The molecule has 0 aromatic heterocycles. The average molecular weight is 262 g/mol. The van der Waals surface area contributed by atoms with Gasteiger partial charge in [-0.25, -0.2) is 0 Å². The van der Waals surface area contributed by atoms with E-state index >= 15 is 0 Å². The molecule has 12 heteroatoms.